The molecule has 1 aliphatic heterocycles. The normalized spacial score (nSPS) is 19.3. The van der Waals surface area contributed by atoms with E-state index in [9.17, 15) is 14.9 Å². The summed E-state index contributed by atoms with van der Waals surface area (Å²) in [6.45, 7) is 3.35. The van der Waals surface area contributed by atoms with Gasteiger partial charge in [0.25, 0.3) is 11.6 Å². The predicted octanol–water partition coefficient (Wildman–Crippen LogP) is 2.11. The molecule has 0 unspecified atom stereocenters. The molecule has 1 aliphatic rings. The van der Waals surface area contributed by atoms with Crippen LogP contribution in [0.4, 0.5) is 5.69 Å². The largest absolute Gasteiger partial charge is 0.377 e. The van der Waals surface area contributed by atoms with Gasteiger partial charge in [-0.1, -0.05) is 11.6 Å². The highest BCUT2D eigenvalue weighted by atomic mass is 35.5. The summed E-state index contributed by atoms with van der Waals surface area (Å²) in [6, 6.07) is 3.84. The maximum absolute atomic E-state index is 12.3. The van der Waals surface area contributed by atoms with Crippen molar-refractivity contribution in [3.63, 3.8) is 0 Å². The van der Waals surface area contributed by atoms with E-state index in [4.69, 9.17) is 16.3 Å². The third kappa shape index (κ3) is 2.85. The average molecular weight is 285 g/mol. The number of nitro benzene ring substituents is 1. The van der Waals surface area contributed by atoms with Crippen LogP contribution < -0.4 is 0 Å². The number of carbonyl (C=O) groups is 1. The Bertz CT molecular complexity index is 520. The highest BCUT2D eigenvalue weighted by molar-refractivity contribution is 6.34. The molecule has 0 saturated carbocycles. The number of benzene rings is 1. The van der Waals surface area contributed by atoms with Crippen molar-refractivity contribution in [2.24, 2.45) is 0 Å². The zero-order valence-corrected chi connectivity index (χ0v) is 11.1. The molecule has 0 N–H and O–H groups in total. The number of nitro groups is 1. The van der Waals surface area contributed by atoms with E-state index in [1.165, 1.54) is 18.2 Å². The summed E-state index contributed by atoms with van der Waals surface area (Å²) in [5.41, 5.74) is 0.151. The standard InChI is InChI=1S/C12H13ClN2O4/c1-8-7-19-5-4-14(8)12(16)10-3-2-9(15(17)18)6-11(10)13/h2-3,6,8H,4-5,7H2,1H3/t8-/m1/s1. The number of nitrogens with zero attached hydrogens (tertiary/aromatic N) is 2. The average Bonchev–Trinajstić information content (AvgIpc) is 2.38. The number of hydrogen-bond acceptors (Lipinski definition) is 4. The summed E-state index contributed by atoms with van der Waals surface area (Å²) < 4.78 is 5.26. The van der Waals surface area contributed by atoms with Crippen LogP contribution in [0.3, 0.4) is 0 Å². The second kappa shape index (κ2) is 5.54. The first-order valence-corrected chi connectivity index (χ1v) is 6.21. The molecule has 19 heavy (non-hydrogen) atoms. The Balaban J connectivity index is 2.26. The van der Waals surface area contributed by atoms with Crippen molar-refractivity contribution >= 4 is 23.2 Å². The van der Waals surface area contributed by atoms with E-state index < -0.39 is 4.92 Å². The number of rotatable bonds is 2. The number of hydrogen-bond donors (Lipinski definition) is 0. The summed E-state index contributed by atoms with van der Waals surface area (Å²) in [5.74, 6) is -0.226. The van der Waals surface area contributed by atoms with Crippen molar-refractivity contribution in [3.05, 3.63) is 38.9 Å². The Kier molecular flexibility index (Phi) is 4.01. The van der Waals surface area contributed by atoms with Crippen LogP contribution >= 0.6 is 11.6 Å². The fourth-order valence-corrected chi connectivity index (χ4v) is 2.23. The van der Waals surface area contributed by atoms with E-state index in [0.29, 0.717) is 19.8 Å². The van der Waals surface area contributed by atoms with Gasteiger partial charge in [-0.25, -0.2) is 0 Å². The Hall–Kier alpha value is -1.66. The Morgan fingerprint density at radius 2 is 2.32 bits per heavy atom. The number of non-ortho nitro benzene ring substituents is 1. The molecule has 0 aliphatic carbocycles. The molecule has 1 fully saturated rings. The molecule has 0 spiro atoms. The van der Waals surface area contributed by atoms with E-state index in [2.05, 4.69) is 0 Å². The second-order valence-corrected chi connectivity index (χ2v) is 4.75. The number of amides is 1. The van der Waals surface area contributed by atoms with Gasteiger partial charge in [0, 0.05) is 18.7 Å². The van der Waals surface area contributed by atoms with Gasteiger partial charge in [0.05, 0.1) is 34.8 Å². The molecule has 1 atom stereocenters. The molecule has 6 nitrogen and oxygen atoms in total. The van der Waals surface area contributed by atoms with Crippen molar-refractivity contribution in [2.75, 3.05) is 19.8 Å². The van der Waals surface area contributed by atoms with Crippen molar-refractivity contribution in [1.82, 2.24) is 4.90 Å². The summed E-state index contributed by atoms with van der Waals surface area (Å²) >= 11 is 5.95. The molecule has 1 aromatic carbocycles. The first-order chi connectivity index (χ1) is 9.00. The molecule has 0 aromatic heterocycles. The molecule has 7 heteroatoms. The SMILES string of the molecule is C[C@@H]1COCCN1C(=O)c1ccc([N+](=O)[O-])cc1Cl. The molecular formula is C12H13ClN2O4. The van der Waals surface area contributed by atoms with Crippen molar-refractivity contribution in [1.29, 1.82) is 0 Å². The van der Waals surface area contributed by atoms with Gasteiger partial charge < -0.3 is 9.64 Å². The Labute approximate surface area is 115 Å². The molecule has 102 valence electrons. The van der Waals surface area contributed by atoms with Crippen LogP contribution in [-0.2, 0) is 4.74 Å². The molecule has 1 aromatic rings. The van der Waals surface area contributed by atoms with Gasteiger partial charge in [0.2, 0.25) is 0 Å². The predicted molar refractivity (Wildman–Crippen MR) is 69.4 cm³/mol. The van der Waals surface area contributed by atoms with E-state index in [0.717, 1.165) is 0 Å². The maximum atomic E-state index is 12.3. The topological polar surface area (TPSA) is 72.7 Å². The molecule has 2 rings (SSSR count). The minimum Gasteiger partial charge on any atom is -0.377 e. The van der Waals surface area contributed by atoms with Crippen LogP contribution in [0.1, 0.15) is 17.3 Å². The van der Waals surface area contributed by atoms with E-state index in [1.807, 2.05) is 6.92 Å². The molecule has 0 bridgehead atoms. The van der Waals surface area contributed by atoms with Crippen LogP contribution in [0, 0.1) is 10.1 Å². The van der Waals surface area contributed by atoms with E-state index >= 15 is 0 Å². The lowest BCUT2D eigenvalue weighted by atomic mass is 10.1. The van der Waals surface area contributed by atoms with Crippen LogP contribution in [0.25, 0.3) is 0 Å². The molecule has 0 radical (unpaired) electrons. The Morgan fingerprint density at radius 1 is 1.58 bits per heavy atom. The quantitative estimate of drug-likeness (QED) is 0.616. The van der Waals surface area contributed by atoms with Crippen molar-refractivity contribution in [3.8, 4) is 0 Å². The van der Waals surface area contributed by atoms with Crippen LogP contribution in [0.5, 0.6) is 0 Å². The Morgan fingerprint density at radius 3 is 2.89 bits per heavy atom. The fraction of sp³-hybridized carbons (Fsp3) is 0.417. The maximum Gasteiger partial charge on any atom is 0.270 e. The van der Waals surface area contributed by atoms with E-state index in [-0.39, 0.29) is 28.2 Å². The minimum absolute atomic E-state index is 0.0347. The highest BCUT2D eigenvalue weighted by Gasteiger charge is 2.26. The molecule has 1 heterocycles. The van der Waals surface area contributed by atoms with Gasteiger partial charge >= 0.3 is 0 Å². The summed E-state index contributed by atoms with van der Waals surface area (Å²) in [5, 5.41) is 10.7. The van der Waals surface area contributed by atoms with Crippen LogP contribution in [-0.4, -0.2) is 41.5 Å². The zero-order chi connectivity index (χ0) is 14.0. The second-order valence-electron chi connectivity index (χ2n) is 4.34. The number of morpholine rings is 1. The summed E-state index contributed by atoms with van der Waals surface area (Å²) in [4.78, 5) is 24.1. The highest BCUT2D eigenvalue weighted by Crippen LogP contribution is 2.24. The van der Waals surface area contributed by atoms with Gasteiger partial charge in [-0.05, 0) is 13.0 Å². The molecule has 1 saturated heterocycles. The van der Waals surface area contributed by atoms with Gasteiger partial charge in [0.1, 0.15) is 0 Å². The van der Waals surface area contributed by atoms with E-state index in [1.54, 1.807) is 4.90 Å². The van der Waals surface area contributed by atoms with Crippen molar-refractivity contribution < 1.29 is 14.5 Å². The van der Waals surface area contributed by atoms with Gasteiger partial charge in [-0.2, -0.15) is 0 Å². The summed E-state index contributed by atoms with van der Waals surface area (Å²) in [6.07, 6.45) is 0. The van der Waals surface area contributed by atoms with Crippen LogP contribution in [0.2, 0.25) is 5.02 Å². The summed E-state index contributed by atoms with van der Waals surface area (Å²) in [7, 11) is 0. The monoisotopic (exact) mass is 284 g/mol. The number of halogens is 1. The van der Waals surface area contributed by atoms with Crippen molar-refractivity contribution in [2.45, 2.75) is 13.0 Å². The fourth-order valence-electron chi connectivity index (χ4n) is 1.97. The first kappa shape index (κ1) is 13.8. The molecule has 1 amide bonds. The number of ether oxygens (including phenoxy) is 1. The lowest BCUT2D eigenvalue weighted by Crippen LogP contribution is -2.47. The van der Waals surface area contributed by atoms with Crippen LogP contribution in [0.15, 0.2) is 18.2 Å². The minimum atomic E-state index is -0.544. The molecular weight excluding hydrogens is 272 g/mol. The van der Waals surface area contributed by atoms with Gasteiger partial charge in [-0.3, -0.25) is 14.9 Å². The number of carbonyl (C=O) groups excluding carboxylic acids is 1. The third-order valence-electron chi connectivity index (χ3n) is 3.02. The third-order valence-corrected chi connectivity index (χ3v) is 3.34. The lowest BCUT2D eigenvalue weighted by molar-refractivity contribution is -0.384. The zero-order valence-electron chi connectivity index (χ0n) is 10.3. The first-order valence-electron chi connectivity index (χ1n) is 5.83. The smallest absolute Gasteiger partial charge is 0.270 e. The van der Waals surface area contributed by atoms with Gasteiger partial charge in [-0.15, -0.1) is 0 Å². The lowest BCUT2D eigenvalue weighted by Gasteiger charge is -2.33. The van der Waals surface area contributed by atoms with Gasteiger partial charge in [0.15, 0.2) is 0 Å².